The molecule has 8 heteroatoms. The van der Waals surface area contributed by atoms with E-state index in [1.807, 2.05) is 0 Å². The predicted molar refractivity (Wildman–Crippen MR) is 84.0 cm³/mol. The van der Waals surface area contributed by atoms with E-state index in [1.54, 1.807) is 0 Å². The van der Waals surface area contributed by atoms with Crippen LogP contribution in [0.1, 0.15) is 35.2 Å². The van der Waals surface area contributed by atoms with Crippen LogP contribution < -0.4 is 10.1 Å². The van der Waals surface area contributed by atoms with Gasteiger partial charge in [0.2, 0.25) is 5.88 Å². The molecule has 1 saturated carbocycles. The van der Waals surface area contributed by atoms with E-state index < -0.39 is 23.6 Å². The minimum Gasteiger partial charge on any atom is -0.478 e. The molecule has 1 heterocycles. The molecule has 2 aromatic rings. The van der Waals surface area contributed by atoms with Crippen LogP contribution in [0.4, 0.5) is 18.9 Å². The lowest BCUT2D eigenvalue weighted by molar-refractivity contribution is -0.138. The molecule has 1 aromatic heterocycles. The van der Waals surface area contributed by atoms with Crippen molar-refractivity contribution in [2.24, 2.45) is 0 Å². The van der Waals surface area contributed by atoms with E-state index in [0.717, 1.165) is 31.4 Å². The number of pyridine rings is 1. The zero-order valence-electron chi connectivity index (χ0n) is 13.0. The van der Waals surface area contributed by atoms with Gasteiger partial charge in [0.25, 0.3) is 0 Å². The predicted octanol–water partition coefficient (Wildman–Crippen LogP) is 4.56. The lowest BCUT2D eigenvalue weighted by Gasteiger charge is -2.28. The fourth-order valence-electron chi connectivity index (χ4n) is 2.46. The van der Waals surface area contributed by atoms with Crippen LogP contribution >= 0.6 is 0 Å². The number of carboxylic acid groups (broad SMARTS) is 1. The summed E-state index contributed by atoms with van der Waals surface area (Å²) in [4.78, 5) is 15.1. The maximum absolute atomic E-state index is 13.0. The summed E-state index contributed by atoms with van der Waals surface area (Å²) in [5.41, 5.74) is -0.668. The molecule has 0 atom stereocenters. The third-order valence-corrected chi connectivity index (χ3v) is 3.98. The Labute approximate surface area is 141 Å². The molecule has 5 nitrogen and oxygen atoms in total. The Morgan fingerprint density at radius 3 is 2.64 bits per heavy atom. The lowest BCUT2D eigenvalue weighted by Crippen LogP contribution is -2.27. The summed E-state index contributed by atoms with van der Waals surface area (Å²) in [5.74, 6) is -1.84. The number of halogens is 3. The average molecular weight is 352 g/mol. The van der Waals surface area contributed by atoms with Crippen LogP contribution in [0.3, 0.4) is 0 Å². The molecule has 1 aliphatic carbocycles. The molecule has 2 N–H and O–H groups in total. The number of benzene rings is 1. The first kappa shape index (κ1) is 17.1. The highest BCUT2D eigenvalue weighted by Gasteiger charge is 2.35. The van der Waals surface area contributed by atoms with Gasteiger partial charge >= 0.3 is 12.1 Å². The first-order valence-electron chi connectivity index (χ1n) is 7.68. The lowest BCUT2D eigenvalue weighted by atomic mass is 9.92. The topological polar surface area (TPSA) is 71.5 Å². The van der Waals surface area contributed by atoms with E-state index in [-0.39, 0.29) is 17.4 Å². The zero-order chi connectivity index (χ0) is 18.0. The Hall–Kier alpha value is -2.77. The Morgan fingerprint density at radius 1 is 1.28 bits per heavy atom. The molecular formula is C17H15F3N2O3. The van der Waals surface area contributed by atoms with Crippen molar-refractivity contribution in [2.75, 3.05) is 5.32 Å². The molecule has 3 rings (SSSR count). The Balaban J connectivity index is 1.88. The van der Waals surface area contributed by atoms with Crippen molar-refractivity contribution in [2.45, 2.75) is 31.5 Å². The number of alkyl halides is 3. The second kappa shape index (κ2) is 6.62. The summed E-state index contributed by atoms with van der Waals surface area (Å²) in [6.45, 7) is 0. The second-order valence-electron chi connectivity index (χ2n) is 5.74. The Kier molecular flexibility index (Phi) is 4.52. The van der Waals surface area contributed by atoms with Crippen LogP contribution in [0.15, 0.2) is 36.5 Å². The van der Waals surface area contributed by atoms with Crippen molar-refractivity contribution in [3.05, 3.63) is 47.7 Å². The molecule has 0 bridgehead atoms. The molecule has 0 aliphatic heterocycles. The zero-order valence-corrected chi connectivity index (χ0v) is 13.0. The minimum atomic E-state index is -4.62. The van der Waals surface area contributed by atoms with Gasteiger partial charge in [-0.1, -0.05) is 0 Å². The molecule has 0 unspecified atom stereocenters. The van der Waals surface area contributed by atoms with Gasteiger partial charge in [0.1, 0.15) is 11.3 Å². The number of nitrogens with zero attached hydrogens (tertiary/aromatic N) is 1. The highest BCUT2D eigenvalue weighted by atomic mass is 19.4. The monoisotopic (exact) mass is 352 g/mol. The SMILES string of the molecule is O=C(O)c1cc(Oc2ncccc2C(F)(F)F)ccc1NC1CCC1. The van der Waals surface area contributed by atoms with Gasteiger partial charge in [-0.3, -0.25) is 0 Å². The third-order valence-electron chi connectivity index (χ3n) is 3.98. The smallest absolute Gasteiger partial charge is 0.421 e. The van der Waals surface area contributed by atoms with Crippen molar-refractivity contribution >= 4 is 11.7 Å². The molecule has 0 saturated heterocycles. The fourth-order valence-corrected chi connectivity index (χ4v) is 2.46. The summed E-state index contributed by atoms with van der Waals surface area (Å²) in [6.07, 6.45) is -0.443. The molecule has 132 valence electrons. The molecule has 0 amide bonds. The van der Waals surface area contributed by atoms with Gasteiger partial charge < -0.3 is 15.2 Å². The Bertz CT molecular complexity index is 789. The van der Waals surface area contributed by atoms with Crippen LogP contribution in [0.2, 0.25) is 0 Å². The number of carboxylic acids is 1. The highest BCUT2D eigenvalue weighted by molar-refractivity contribution is 5.94. The maximum Gasteiger partial charge on any atom is 0.421 e. The number of ether oxygens (including phenoxy) is 1. The van der Waals surface area contributed by atoms with Gasteiger partial charge in [-0.25, -0.2) is 9.78 Å². The number of aromatic nitrogens is 1. The number of aromatic carboxylic acids is 1. The minimum absolute atomic E-state index is 0.0271. The number of carbonyl (C=O) groups is 1. The number of rotatable bonds is 5. The normalized spacial score (nSPS) is 14.7. The van der Waals surface area contributed by atoms with Gasteiger partial charge in [-0.15, -0.1) is 0 Å². The van der Waals surface area contributed by atoms with E-state index in [0.29, 0.717) is 5.69 Å². The average Bonchev–Trinajstić information content (AvgIpc) is 2.51. The van der Waals surface area contributed by atoms with Crippen LogP contribution in [-0.4, -0.2) is 22.1 Å². The number of anilines is 1. The maximum atomic E-state index is 13.0. The van der Waals surface area contributed by atoms with Crippen LogP contribution in [0.25, 0.3) is 0 Å². The van der Waals surface area contributed by atoms with Crippen LogP contribution in [0.5, 0.6) is 11.6 Å². The van der Waals surface area contributed by atoms with Gasteiger partial charge in [0.05, 0.1) is 5.56 Å². The van der Waals surface area contributed by atoms with Crippen molar-refractivity contribution in [3.8, 4) is 11.6 Å². The first-order chi connectivity index (χ1) is 11.8. The van der Waals surface area contributed by atoms with Gasteiger partial charge in [0, 0.05) is 17.9 Å². The highest BCUT2D eigenvalue weighted by Crippen LogP contribution is 2.37. The van der Waals surface area contributed by atoms with Crippen molar-refractivity contribution in [1.82, 2.24) is 4.98 Å². The molecule has 25 heavy (non-hydrogen) atoms. The van der Waals surface area contributed by atoms with E-state index in [1.165, 1.54) is 24.4 Å². The van der Waals surface area contributed by atoms with Crippen LogP contribution in [-0.2, 0) is 6.18 Å². The van der Waals surface area contributed by atoms with Crippen molar-refractivity contribution < 1.29 is 27.8 Å². The van der Waals surface area contributed by atoms with E-state index in [9.17, 15) is 23.1 Å². The van der Waals surface area contributed by atoms with Crippen molar-refractivity contribution in [3.63, 3.8) is 0 Å². The van der Waals surface area contributed by atoms with Crippen LogP contribution in [0, 0.1) is 0 Å². The summed E-state index contributed by atoms with van der Waals surface area (Å²) in [5, 5.41) is 12.5. The first-order valence-corrected chi connectivity index (χ1v) is 7.68. The van der Waals surface area contributed by atoms with Crippen molar-refractivity contribution in [1.29, 1.82) is 0 Å². The standard InChI is InChI=1S/C17H15F3N2O3/c18-17(19,20)13-5-2-8-21-15(13)25-11-6-7-14(12(9-11)16(23)24)22-10-3-1-4-10/h2,5-10,22H,1,3-4H2,(H,23,24). The van der Waals surface area contributed by atoms with Gasteiger partial charge in [0.15, 0.2) is 0 Å². The van der Waals surface area contributed by atoms with E-state index >= 15 is 0 Å². The molecular weight excluding hydrogens is 337 g/mol. The second-order valence-corrected chi connectivity index (χ2v) is 5.74. The largest absolute Gasteiger partial charge is 0.478 e. The number of hydrogen-bond donors (Lipinski definition) is 2. The van der Waals surface area contributed by atoms with E-state index in [2.05, 4.69) is 10.3 Å². The summed E-state index contributed by atoms with van der Waals surface area (Å²) in [7, 11) is 0. The number of nitrogens with one attached hydrogen (secondary N) is 1. The number of hydrogen-bond acceptors (Lipinski definition) is 4. The molecule has 0 spiro atoms. The van der Waals surface area contributed by atoms with E-state index in [4.69, 9.17) is 4.74 Å². The molecule has 0 radical (unpaired) electrons. The molecule has 1 fully saturated rings. The van der Waals surface area contributed by atoms with Gasteiger partial charge in [-0.05, 0) is 49.6 Å². The Morgan fingerprint density at radius 2 is 2.04 bits per heavy atom. The van der Waals surface area contributed by atoms with Gasteiger partial charge in [-0.2, -0.15) is 13.2 Å². The summed E-state index contributed by atoms with van der Waals surface area (Å²) in [6, 6.07) is 6.34. The quantitative estimate of drug-likeness (QED) is 0.826. The molecule has 1 aliphatic rings. The summed E-state index contributed by atoms with van der Waals surface area (Å²) >= 11 is 0. The molecule has 1 aromatic carbocycles. The third kappa shape index (κ3) is 3.84. The summed E-state index contributed by atoms with van der Waals surface area (Å²) < 4.78 is 44.2. The fraction of sp³-hybridized carbons (Fsp3) is 0.294.